The van der Waals surface area contributed by atoms with Gasteiger partial charge in [-0.25, -0.2) is 4.98 Å². The Kier molecular flexibility index (Phi) is 3.30. The molecular weight excluding hydrogens is 272 g/mol. The summed E-state index contributed by atoms with van der Waals surface area (Å²) in [5.41, 5.74) is 5.74. The summed E-state index contributed by atoms with van der Waals surface area (Å²) in [7, 11) is 1.58. The maximum Gasteiger partial charge on any atom is 0.232 e. The molecule has 0 unspecified atom stereocenters. The number of hydrogen-bond donors (Lipinski definition) is 2. The third kappa shape index (κ3) is 2.12. The number of methoxy groups -OCH3 is 1. The van der Waals surface area contributed by atoms with Gasteiger partial charge in [0, 0.05) is 6.54 Å². The second-order valence-electron chi connectivity index (χ2n) is 4.01. The van der Waals surface area contributed by atoms with E-state index >= 15 is 0 Å². The van der Waals surface area contributed by atoms with E-state index < -0.39 is 0 Å². The summed E-state index contributed by atoms with van der Waals surface area (Å²) in [5.74, 6) is 1.11. The number of aromatic nitrogens is 2. The first-order valence-electron chi connectivity index (χ1n) is 5.24. The van der Waals surface area contributed by atoms with Crippen LogP contribution in [0.3, 0.4) is 0 Å². The van der Waals surface area contributed by atoms with Crippen molar-refractivity contribution in [2.24, 2.45) is 5.73 Å². The Balaban J connectivity index is 2.15. The number of halogens is 1. The minimum Gasteiger partial charge on any atom is -0.480 e. The number of rotatable bonds is 4. The molecule has 1 aliphatic rings. The van der Waals surface area contributed by atoms with E-state index in [0.29, 0.717) is 18.4 Å². The van der Waals surface area contributed by atoms with Crippen LogP contribution in [-0.2, 0) is 0 Å². The van der Waals surface area contributed by atoms with Crippen molar-refractivity contribution < 1.29 is 4.74 Å². The molecule has 0 bridgehead atoms. The SMILES string of the molecule is COc1nc(NC2(CN)CCC2)ncc1Br. The molecule has 1 heterocycles. The fourth-order valence-corrected chi connectivity index (χ4v) is 2.13. The Morgan fingerprint density at radius 3 is 2.88 bits per heavy atom. The van der Waals surface area contributed by atoms with Crippen LogP contribution in [-0.4, -0.2) is 29.2 Å². The highest BCUT2D eigenvalue weighted by atomic mass is 79.9. The molecule has 6 heteroatoms. The summed E-state index contributed by atoms with van der Waals surface area (Å²) in [6.45, 7) is 0.606. The largest absolute Gasteiger partial charge is 0.480 e. The molecule has 0 saturated heterocycles. The van der Waals surface area contributed by atoms with Crippen LogP contribution in [0.4, 0.5) is 5.95 Å². The fourth-order valence-electron chi connectivity index (χ4n) is 1.78. The van der Waals surface area contributed by atoms with Crippen molar-refractivity contribution >= 4 is 21.9 Å². The van der Waals surface area contributed by atoms with Crippen LogP contribution in [0.25, 0.3) is 0 Å². The molecule has 88 valence electrons. The summed E-state index contributed by atoms with van der Waals surface area (Å²) in [6, 6.07) is 0. The van der Waals surface area contributed by atoms with Crippen molar-refractivity contribution in [1.29, 1.82) is 0 Å². The minimum absolute atomic E-state index is 0.0150. The molecule has 0 atom stereocenters. The monoisotopic (exact) mass is 286 g/mol. The molecule has 1 aromatic heterocycles. The van der Waals surface area contributed by atoms with Gasteiger partial charge in [-0.05, 0) is 35.2 Å². The van der Waals surface area contributed by atoms with Crippen molar-refractivity contribution in [3.05, 3.63) is 10.7 Å². The Morgan fingerprint density at radius 1 is 1.62 bits per heavy atom. The zero-order valence-corrected chi connectivity index (χ0v) is 10.7. The van der Waals surface area contributed by atoms with Crippen LogP contribution in [0.1, 0.15) is 19.3 Å². The van der Waals surface area contributed by atoms with Gasteiger partial charge in [-0.3, -0.25) is 0 Å². The van der Waals surface area contributed by atoms with Crippen molar-refractivity contribution in [2.45, 2.75) is 24.8 Å². The van der Waals surface area contributed by atoms with Crippen LogP contribution >= 0.6 is 15.9 Å². The number of anilines is 1. The predicted octanol–water partition coefficient (Wildman–Crippen LogP) is 1.54. The average molecular weight is 287 g/mol. The highest BCUT2D eigenvalue weighted by molar-refractivity contribution is 9.10. The van der Waals surface area contributed by atoms with Gasteiger partial charge in [-0.1, -0.05) is 0 Å². The molecule has 0 spiro atoms. The first kappa shape index (κ1) is 11.6. The van der Waals surface area contributed by atoms with Crippen molar-refractivity contribution in [1.82, 2.24) is 9.97 Å². The number of hydrogen-bond acceptors (Lipinski definition) is 5. The van der Waals surface area contributed by atoms with Crippen molar-refractivity contribution in [3.8, 4) is 5.88 Å². The molecule has 0 amide bonds. The van der Waals surface area contributed by atoms with Gasteiger partial charge >= 0.3 is 0 Å². The number of nitrogens with one attached hydrogen (secondary N) is 1. The van der Waals surface area contributed by atoms with E-state index in [-0.39, 0.29) is 5.54 Å². The van der Waals surface area contributed by atoms with Gasteiger partial charge in [0.15, 0.2) is 0 Å². The topological polar surface area (TPSA) is 73.1 Å². The highest BCUT2D eigenvalue weighted by Gasteiger charge is 2.36. The Hall–Kier alpha value is -0.880. The molecule has 16 heavy (non-hydrogen) atoms. The van der Waals surface area contributed by atoms with Crippen LogP contribution < -0.4 is 15.8 Å². The van der Waals surface area contributed by atoms with Crippen molar-refractivity contribution in [2.75, 3.05) is 19.0 Å². The first-order valence-corrected chi connectivity index (χ1v) is 6.03. The van der Waals surface area contributed by atoms with Crippen LogP contribution in [0, 0.1) is 0 Å². The highest BCUT2D eigenvalue weighted by Crippen LogP contribution is 2.34. The van der Waals surface area contributed by atoms with Crippen LogP contribution in [0.15, 0.2) is 10.7 Å². The molecule has 3 N–H and O–H groups in total. The smallest absolute Gasteiger partial charge is 0.232 e. The Labute approximate surface area is 103 Å². The van der Waals surface area contributed by atoms with Gasteiger partial charge in [0.05, 0.1) is 23.3 Å². The van der Waals surface area contributed by atoms with E-state index in [4.69, 9.17) is 10.5 Å². The van der Waals surface area contributed by atoms with E-state index in [2.05, 4.69) is 31.2 Å². The summed E-state index contributed by atoms with van der Waals surface area (Å²) in [6.07, 6.45) is 5.03. The lowest BCUT2D eigenvalue weighted by atomic mass is 9.77. The third-order valence-electron chi connectivity index (χ3n) is 2.98. The number of nitrogens with zero attached hydrogens (tertiary/aromatic N) is 2. The minimum atomic E-state index is -0.0150. The summed E-state index contributed by atoms with van der Waals surface area (Å²) in [5, 5.41) is 3.30. The zero-order chi connectivity index (χ0) is 11.6. The molecule has 0 aromatic carbocycles. The Bertz CT molecular complexity index is 376. The standard InChI is InChI=1S/C10H15BrN4O/c1-16-8-7(11)5-13-9(14-8)15-10(6-12)3-2-4-10/h5H,2-4,6,12H2,1H3,(H,13,14,15). The summed E-state index contributed by atoms with van der Waals surface area (Å²) >= 11 is 3.32. The van der Waals surface area contributed by atoms with Crippen LogP contribution in [0.2, 0.25) is 0 Å². The first-order chi connectivity index (χ1) is 7.69. The lowest BCUT2D eigenvalue weighted by molar-refractivity contribution is 0.285. The lowest BCUT2D eigenvalue weighted by Crippen LogP contribution is -2.51. The third-order valence-corrected chi connectivity index (χ3v) is 3.53. The molecule has 1 saturated carbocycles. The van der Waals surface area contributed by atoms with Crippen molar-refractivity contribution in [3.63, 3.8) is 0 Å². The molecule has 1 fully saturated rings. The zero-order valence-electron chi connectivity index (χ0n) is 9.16. The molecule has 0 aliphatic heterocycles. The maximum atomic E-state index is 5.76. The van der Waals surface area contributed by atoms with Gasteiger partial charge < -0.3 is 15.8 Å². The molecule has 2 rings (SSSR count). The second kappa shape index (κ2) is 4.55. The molecule has 0 radical (unpaired) electrons. The normalized spacial score (nSPS) is 17.7. The predicted molar refractivity (Wildman–Crippen MR) is 65.5 cm³/mol. The van der Waals surface area contributed by atoms with Crippen LogP contribution in [0.5, 0.6) is 5.88 Å². The number of ether oxygens (including phenoxy) is 1. The fraction of sp³-hybridized carbons (Fsp3) is 0.600. The molecule has 1 aliphatic carbocycles. The Morgan fingerprint density at radius 2 is 2.38 bits per heavy atom. The molecular formula is C10H15BrN4O. The molecule has 1 aromatic rings. The van der Waals surface area contributed by atoms with E-state index in [0.717, 1.165) is 17.3 Å². The van der Waals surface area contributed by atoms with Gasteiger partial charge in [0.25, 0.3) is 0 Å². The quantitative estimate of drug-likeness (QED) is 0.878. The van der Waals surface area contributed by atoms with Gasteiger partial charge in [-0.15, -0.1) is 0 Å². The summed E-state index contributed by atoms with van der Waals surface area (Å²) in [4.78, 5) is 8.46. The average Bonchev–Trinajstić information content (AvgIpc) is 2.25. The second-order valence-corrected chi connectivity index (χ2v) is 4.87. The molecule has 5 nitrogen and oxygen atoms in total. The van der Waals surface area contributed by atoms with E-state index in [1.807, 2.05) is 0 Å². The van der Waals surface area contributed by atoms with E-state index in [1.54, 1.807) is 13.3 Å². The number of nitrogens with two attached hydrogens (primary N) is 1. The van der Waals surface area contributed by atoms with E-state index in [9.17, 15) is 0 Å². The van der Waals surface area contributed by atoms with Gasteiger partial charge in [-0.2, -0.15) is 4.98 Å². The van der Waals surface area contributed by atoms with Gasteiger partial charge in [0.2, 0.25) is 11.8 Å². The van der Waals surface area contributed by atoms with E-state index in [1.165, 1.54) is 6.42 Å². The maximum absolute atomic E-state index is 5.76. The lowest BCUT2D eigenvalue weighted by Gasteiger charge is -2.41. The summed E-state index contributed by atoms with van der Waals surface area (Å²) < 4.78 is 5.86. The van der Waals surface area contributed by atoms with Gasteiger partial charge in [0.1, 0.15) is 0 Å².